The Kier molecular flexibility index (Phi) is 5.13. The molecule has 0 radical (unpaired) electrons. The standard InChI is InChI=1S/C18H22F2N4O/c1-13(22(2)12-16-21-8-10-24(16)18(19)20)17(25)23-9-7-14-5-3-4-6-15(14)11-23/h3-6,8,10,13,18H,7,9,11-12H2,1-2H3/t13-/m0/s1. The van der Waals surface area contributed by atoms with Crippen LogP contribution in [-0.4, -0.2) is 44.9 Å². The highest BCUT2D eigenvalue weighted by molar-refractivity contribution is 5.81. The molecule has 1 amide bonds. The summed E-state index contributed by atoms with van der Waals surface area (Å²) in [5.74, 6) is 0.258. The molecular formula is C18H22F2N4O. The molecule has 0 fully saturated rings. The Morgan fingerprint density at radius 2 is 2.04 bits per heavy atom. The number of nitrogens with zero attached hydrogens (tertiary/aromatic N) is 4. The minimum absolute atomic E-state index is 0.00663. The Labute approximate surface area is 145 Å². The van der Waals surface area contributed by atoms with Gasteiger partial charge in [-0.05, 0) is 31.5 Å². The smallest absolute Gasteiger partial charge is 0.319 e. The van der Waals surface area contributed by atoms with Crippen LogP contribution in [0.4, 0.5) is 8.78 Å². The topological polar surface area (TPSA) is 41.4 Å². The first kappa shape index (κ1) is 17.5. The molecular weight excluding hydrogens is 326 g/mol. The summed E-state index contributed by atoms with van der Waals surface area (Å²) in [6.45, 7) is 0.640. The lowest BCUT2D eigenvalue weighted by atomic mass is 9.99. The van der Waals surface area contributed by atoms with Crippen LogP contribution < -0.4 is 0 Å². The number of hydrogen-bond acceptors (Lipinski definition) is 3. The second kappa shape index (κ2) is 7.31. The number of carbonyl (C=O) groups excluding carboxylic acids is 1. The van der Waals surface area contributed by atoms with Crippen molar-refractivity contribution in [1.82, 2.24) is 19.4 Å². The van der Waals surface area contributed by atoms with Gasteiger partial charge in [0.25, 0.3) is 0 Å². The number of benzene rings is 1. The minimum atomic E-state index is -2.63. The number of alkyl halides is 2. The van der Waals surface area contributed by atoms with Crippen LogP contribution in [0.2, 0.25) is 0 Å². The largest absolute Gasteiger partial charge is 0.337 e. The summed E-state index contributed by atoms with van der Waals surface area (Å²) in [6, 6.07) is 7.72. The molecule has 25 heavy (non-hydrogen) atoms. The zero-order chi connectivity index (χ0) is 18.0. The summed E-state index contributed by atoms with van der Waals surface area (Å²) >= 11 is 0. The number of aromatic nitrogens is 2. The number of halogens is 2. The van der Waals surface area contributed by atoms with Crippen LogP contribution in [-0.2, 0) is 24.3 Å². The Balaban J connectivity index is 1.65. The number of rotatable bonds is 5. The normalized spacial score (nSPS) is 15.5. The minimum Gasteiger partial charge on any atom is -0.337 e. The van der Waals surface area contributed by atoms with Gasteiger partial charge in [0, 0.05) is 25.5 Å². The molecule has 0 saturated carbocycles. The predicted octanol–water partition coefficient (Wildman–Crippen LogP) is 2.68. The zero-order valence-electron chi connectivity index (χ0n) is 14.4. The number of hydrogen-bond donors (Lipinski definition) is 0. The molecule has 0 bridgehead atoms. The molecule has 3 rings (SSSR count). The highest BCUT2D eigenvalue weighted by atomic mass is 19.3. The van der Waals surface area contributed by atoms with E-state index in [1.54, 1.807) is 18.9 Å². The van der Waals surface area contributed by atoms with Crippen molar-refractivity contribution in [2.24, 2.45) is 0 Å². The third kappa shape index (κ3) is 3.71. The molecule has 1 aromatic heterocycles. The molecule has 0 spiro atoms. The molecule has 1 aliphatic heterocycles. The molecule has 2 aromatic rings. The fraction of sp³-hybridized carbons (Fsp3) is 0.444. The average Bonchev–Trinajstić information content (AvgIpc) is 3.08. The first-order valence-electron chi connectivity index (χ1n) is 8.33. The van der Waals surface area contributed by atoms with Crippen molar-refractivity contribution in [1.29, 1.82) is 0 Å². The summed E-state index contributed by atoms with van der Waals surface area (Å²) in [4.78, 5) is 20.4. The summed E-state index contributed by atoms with van der Waals surface area (Å²) in [5, 5.41) is 0. The van der Waals surface area contributed by atoms with E-state index in [4.69, 9.17) is 0 Å². The van der Waals surface area contributed by atoms with Crippen LogP contribution in [0, 0.1) is 0 Å². The predicted molar refractivity (Wildman–Crippen MR) is 90.0 cm³/mol. The van der Waals surface area contributed by atoms with Gasteiger partial charge in [-0.3, -0.25) is 14.3 Å². The van der Waals surface area contributed by atoms with Crippen molar-refractivity contribution in [3.63, 3.8) is 0 Å². The number of amides is 1. The summed E-state index contributed by atoms with van der Waals surface area (Å²) in [6.07, 6.45) is 3.44. The van der Waals surface area contributed by atoms with Crippen LogP contribution in [0.1, 0.15) is 30.4 Å². The van der Waals surface area contributed by atoms with E-state index in [2.05, 4.69) is 11.1 Å². The van der Waals surface area contributed by atoms with Gasteiger partial charge in [-0.1, -0.05) is 24.3 Å². The van der Waals surface area contributed by atoms with E-state index in [0.717, 1.165) is 11.0 Å². The molecule has 5 nitrogen and oxygen atoms in total. The van der Waals surface area contributed by atoms with Crippen LogP contribution in [0.3, 0.4) is 0 Å². The maximum absolute atomic E-state index is 12.9. The van der Waals surface area contributed by atoms with E-state index in [-0.39, 0.29) is 18.3 Å². The molecule has 1 aromatic carbocycles. The lowest BCUT2D eigenvalue weighted by Crippen LogP contribution is -2.47. The average molecular weight is 348 g/mol. The number of fused-ring (bicyclic) bond motifs is 1. The Morgan fingerprint density at radius 3 is 2.76 bits per heavy atom. The third-order valence-corrected chi connectivity index (χ3v) is 4.81. The van der Waals surface area contributed by atoms with E-state index < -0.39 is 12.6 Å². The molecule has 0 unspecified atom stereocenters. The van der Waals surface area contributed by atoms with Gasteiger partial charge in [0.15, 0.2) is 0 Å². The van der Waals surface area contributed by atoms with E-state index in [0.29, 0.717) is 13.1 Å². The van der Waals surface area contributed by atoms with Crippen LogP contribution in [0.25, 0.3) is 0 Å². The maximum atomic E-state index is 12.9. The van der Waals surface area contributed by atoms with Crippen molar-refractivity contribution in [2.75, 3.05) is 13.6 Å². The Hall–Kier alpha value is -2.28. The summed E-state index contributed by atoms with van der Waals surface area (Å²) in [7, 11) is 1.75. The maximum Gasteiger partial charge on any atom is 0.319 e. The highest BCUT2D eigenvalue weighted by Gasteiger charge is 2.27. The van der Waals surface area contributed by atoms with Gasteiger partial charge in [-0.25, -0.2) is 4.98 Å². The van der Waals surface area contributed by atoms with Gasteiger partial charge in [-0.2, -0.15) is 8.78 Å². The highest BCUT2D eigenvalue weighted by Crippen LogP contribution is 2.20. The van der Waals surface area contributed by atoms with E-state index in [1.165, 1.54) is 23.5 Å². The van der Waals surface area contributed by atoms with Gasteiger partial charge in [0.1, 0.15) is 5.82 Å². The van der Waals surface area contributed by atoms with E-state index >= 15 is 0 Å². The second-order valence-electron chi connectivity index (χ2n) is 6.40. The number of carbonyl (C=O) groups is 1. The first-order valence-corrected chi connectivity index (χ1v) is 8.33. The number of imidazole rings is 1. The Bertz CT molecular complexity index is 746. The molecule has 1 aliphatic rings. The van der Waals surface area contributed by atoms with Crippen molar-refractivity contribution in [3.05, 3.63) is 53.6 Å². The summed E-state index contributed by atoms with van der Waals surface area (Å²) < 4.78 is 26.7. The van der Waals surface area contributed by atoms with Crippen molar-refractivity contribution < 1.29 is 13.6 Å². The second-order valence-corrected chi connectivity index (χ2v) is 6.40. The van der Waals surface area contributed by atoms with Crippen molar-refractivity contribution >= 4 is 5.91 Å². The molecule has 0 saturated heterocycles. The van der Waals surface area contributed by atoms with Gasteiger partial charge < -0.3 is 4.90 Å². The van der Waals surface area contributed by atoms with Gasteiger partial charge >= 0.3 is 6.55 Å². The zero-order valence-corrected chi connectivity index (χ0v) is 14.4. The number of likely N-dealkylation sites (N-methyl/N-ethyl adjacent to an activating group) is 1. The van der Waals surface area contributed by atoms with Crippen molar-refractivity contribution in [3.8, 4) is 0 Å². The SMILES string of the molecule is C[C@@H](C(=O)N1CCc2ccccc2C1)N(C)Cc1nccn1C(F)F. The summed E-state index contributed by atoms with van der Waals surface area (Å²) in [5.41, 5.74) is 2.46. The monoisotopic (exact) mass is 348 g/mol. The molecule has 134 valence electrons. The third-order valence-electron chi connectivity index (χ3n) is 4.81. The fourth-order valence-electron chi connectivity index (χ4n) is 3.14. The molecule has 0 N–H and O–H groups in total. The van der Waals surface area contributed by atoms with E-state index in [1.807, 2.05) is 23.1 Å². The van der Waals surface area contributed by atoms with Crippen LogP contribution in [0.15, 0.2) is 36.7 Å². The molecule has 7 heteroatoms. The van der Waals surface area contributed by atoms with Gasteiger partial charge in [0.2, 0.25) is 5.91 Å². The Morgan fingerprint density at radius 1 is 1.32 bits per heavy atom. The van der Waals surface area contributed by atoms with Crippen molar-refractivity contribution in [2.45, 2.75) is 39.0 Å². The quantitative estimate of drug-likeness (QED) is 0.834. The first-order chi connectivity index (χ1) is 12.0. The fourth-order valence-corrected chi connectivity index (χ4v) is 3.14. The van der Waals surface area contributed by atoms with E-state index in [9.17, 15) is 13.6 Å². The molecule has 2 heterocycles. The van der Waals surface area contributed by atoms with Gasteiger partial charge in [-0.15, -0.1) is 0 Å². The lowest BCUT2D eigenvalue weighted by molar-refractivity contribution is -0.137. The van der Waals surface area contributed by atoms with Crippen LogP contribution in [0.5, 0.6) is 0 Å². The molecule has 0 aliphatic carbocycles. The molecule has 1 atom stereocenters. The van der Waals surface area contributed by atoms with Gasteiger partial charge in [0.05, 0.1) is 12.6 Å². The van der Waals surface area contributed by atoms with Crippen LogP contribution >= 0.6 is 0 Å². The lowest BCUT2D eigenvalue weighted by Gasteiger charge is -2.33.